The molecule has 0 aromatic carbocycles. The van der Waals surface area contributed by atoms with E-state index in [2.05, 4.69) is 5.32 Å². The van der Waals surface area contributed by atoms with Gasteiger partial charge in [-0.15, -0.1) is 46.2 Å². The molecule has 7 heteroatoms. The van der Waals surface area contributed by atoms with Crippen molar-refractivity contribution in [2.24, 2.45) is 0 Å². The second-order valence-electron chi connectivity index (χ2n) is 3.24. The Balaban J connectivity index is 1.97. The summed E-state index contributed by atoms with van der Waals surface area (Å²) < 4.78 is 3.64. The molecule has 2 rings (SSSR count). The Kier molecular flexibility index (Phi) is 4.72. The predicted octanol–water partition coefficient (Wildman–Crippen LogP) is 3.63. The average Bonchev–Trinajstić information content (AvgIpc) is 2.57. The lowest BCUT2D eigenvalue weighted by Crippen LogP contribution is -2.27. The van der Waals surface area contributed by atoms with E-state index >= 15 is 0 Å². The number of fused-ring (bicyclic) bond motifs is 1. The highest BCUT2D eigenvalue weighted by molar-refractivity contribution is 8.08. The van der Waals surface area contributed by atoms with Crippen molar-refractivity contribution in [1.82, 2.24) is 5.32 Å². The molecule has 1 N–H and O–H groups in total. The van der Waals surface area contributed by atoms with Crippen LogP contribution in [0.4, 0.5) is 0 Å². The number of rotatable bonds is 3. The minimum atomic E-state index is 0.155. The molecule has 88 valence electrons. The molecule has 1 atom stereocenters. The van der Waals surface area contributed by atoms with Crippen molar-refractivity contribution in [1.29, 1.82) is 0 Å². The first-order chi connectivity index (χ1) is 7.69. The second-order valence-corrected chi connectivity index (χ2v) is 9.32. The van der Waals surface area contributed by atoms with E-state index in [1.54, 1.807) is 22.7 Å². The van der Waals surface area contributed by atoms with Crippen molar-refractivity contribution in [2.45, 2.75) is 27.0 Å². The Bertz CT molecular complexity index is 437. The summed E-state index contributed by atoms with van der Waals surface area (Å²) in [7, 11) is 0. The Morgan fingerprint density at radius 1 is 1.50 bits per heavy atom. The number of nitrogens with one attached hydrogen (secondary N) is 1. The summed E-state index contributed by atoms with van der Waals surface area (Å²) in [5.74, 6) is 1.17. The topological polar surface area (TPSA) is 29.1 Å². The molecule has 0 spiro atoms. The quantitative estimate of drug-likeness (QED) is 0.863. The summed E-state index contributed by atoms with van der Waals surface area (Å²) in [6.45, 7) is 2.66. The molecule has 16 heavy (non-hydrogen) atoms. The summed E-state index contributed by atoms with van der Waals surface area (Å²) in [6.07, 6.45) is 0.611. The molecular formula is C9H11NOS5. The minimum Gasteiger partial charge on any atom is -0.356 e. The third-order valence-corrected chi connectivity index (χ3v) is 8.08. The fourth-order valence-corrected chi connectivity index (χ4v) is 7.98. The fourth-order valence-electron chi connectivity index (χ4n) is 1.35. The van der Waals surface area contributed by atoms with Gasteiger partial charge in [-0.05, 0) is 6.92 Å². The van der Waals surface area contributed by atoms with Crippen LogP contribution in [0.2, 0.25) is 0 Å². The lowest BCUT2D eigenvalue weighted by Gasteiger charge is -2.19. The van der Waals surface area contributed by atoms with E-state index in [0.29, 0.717) is 18.2 Å². The van der Waals surface area contributed by atoms with E-state index < -0.39 is 0 Å². The molecular weight excluding hydrogens is 298 g/mol. The van der Waals surface area contributed by atoms with E-state index in [0.717, 1.165) is 8.89 Å². The van der Waals surface area contributed by atoms with Crippen LogP contribution in [0.3, 0.4) is 0 Å². The molecule has 1 amide bonds. The monoisotopic (exact) mass is 309 g/mol. The summed E-state index contributed by atoms with van der Waals surface area (Å²) in [5, 5.41) is 3.24. The van der Waals surface area contributed by atoms with Gasteiger partial charge in [-0.1, -0.05) is 12.2 Å². The third-order valence-electron chi connectivity index (χ3n) is 1.98. The van der Waals surface area contributed by atoms with Crippen LogP contribution in [0.25, 0.3) is 0 Å². The highest BCUT2D eigenvalue weighted by Crippen LogP contribution is 2.48. The number of carbonyl (C=O) groups is 1. The molecule has 0 bridgehead atoms. The highest BCUT2D eigenvalue weighted by Gasteiger charge is 2.24. The number of amides is 1. The Hall–Kier alpha value is 0.440. The van der Waals surface area contributed by atoms with Crippen LogP contribution in [0, 0.1) is 3.14 Å². The van der Waals surface area contributed by atoms with Crippen LogP contribution in [-0.2, 0) is 4.79 Å². The molecule has 2 heterocycles. The van der Waals surface area contributed by atoms with Crippen molar-refractivity contribution in [3.63, 3.8) is 0 Å². The summed E-state index contributed by atoms with van der Waals surface area (Å²) in [5.41, 5.74) is 0. The normalized spacial score (nSPS) is 19.2. The van der Waals surface area contributed by atoms with Crippen LogP contribution in [-0.4, -0.2) is 23.5 Å². The standard InChI is InChI=1S/C9H11NOS5/c1-2-10-6(11)3-5-4-13-7-8(14-5)16-9(12)15-7/h5H,2-4H2,1H3,(H,10,11). The summed E-state index contributed by atoms with van der Waals surface area (Å²) in [4.78, 5) is 11.5. The first-order valence-corrected chi connectivity index (χ1v) is 8.79. The second kappa shape index (κ2) is 5.86. The van der Waals surface area contributed by atoms with E-state index in [-0.39, 0.29) is 5.91 Å². The first kappa shape index (κ1) is 12.9. The van der Waals surface area contributed by atoms with Gasteiger partial charge in [-0.25, -0.2) is 0 Å². The lowest BCUT2D eigenvalue weighted by atomic mass is 10.3. The molecule has 0 radical (unpaired) electrons. The maximum Gasteiger partial charge on any atom is 0.221 e. The van der Waals surface area contributed by atoms with Crippen LogP contribution < -0.4 is 5.32 Å². The molecule has 1 aromatic heterocycles. The molecule has 0 saturated heterocycles. The van der Waals surface area contributed by atoms with E-state index in [1.807, 2.05) is 30.4 Å². The maximum absolute atomic E-state index is 11.5. The third kappa shape index (κ3) is 3.22. The minimum absolute atomic E-state index is 0.155. The molecule has 0 fully saturated rings. The predicted molar refractivity (Wildman–Crippen MR) is 76.7 cm³/mol. The van der Waals surface area contributed by atoms with Gasteiger partial charge >= 0.3 is 0 Å². The van der Waals surface area contributed by atoms with Gasteiger partial charge in [0.2, 0.25) is 5.91 Å². The lowest BCUT2D eigenvalue weighted by molar-refractivity contribution is -0.120. The highest BCUT2D eigenvalue weighted by atomic mass is 32.2. The fraction of sp³-hybridized carbons (Fsp3) is 0.556. The Morgan fingerprint density at radius 3 is 3.00 bits per heavy atom. The van der Waals surface area contributed by atoms with Crippen molar-refractivity contribution in [2.75, 3.05) is 12.3 Å². The van der Waals surface area contributed by atoms with E-state index in [1.165, 1.54) is 8.42 Å². The zero-order valence-corrected chi connectivity index (χ0v) is 12.7. The van der Waals surface area contributed by atoms with Gasteiger partial charge < -0.3 is 5.32 Å². The first-order valence-electron chi connectivity index (χ1n) is 4.89. The van der Waals surface area contributed by atoms with Gasteiger partial charge in [-0.2, -0.15) is 0 Å². The largest absolute Gasteiger partial charge is 0.356 e. The molecule has 0 aliphatic carbocycles. The molecule has 0 saturated carbocycles. The van der Waals surface area contributed by atoms with E-state index in [9.17, 15) is 4.79 Å². The van der Waals surface area contributed by atoms with Gasteiger partial charge in [0.05, 0.1) is 8.42 Å². The average molecular weight is 310 g/mol. The smallest absolute Gasteiger partial charge is 0.221 e. The maximum atomic E-state index is 11.5. The number of thioether (sulfide) groups is 2. The molecule has 1 aromatic rings. The van der Waals surface area contributed by atoms with Crippen molar-refractivity contribution in [3.8, 4) is 0 Å². The van der Waals surface area contributed by atoms with E-state index in [4.69, 9.17) is 12.2 Å². The van der Waals surface area contributed by atoms with Gasteiger partial charge in [0.15, 0.2) is 0 Å². The zero-order valence-electron chi connectivity index (χ0n) is 8.65. The van der Waals surface area contributed by atoms with Gasteiger partial charge in [0.25, 0.3) is 0 Å². The van der Waals surface area contributed by atoms with Crippen molar-refractivity contribution >= 4 is 64.3 Å². The Labute approximate surface area is 116 Å². The molecule has 1 unspecified atom stereocenters. The van der Waals surface area contributed by atoms with Crippen LogP contribution in [0.15, 0.2) is 8.42 Å². The summed E-state index contributed by atoms with van der Waals surface area (Å²) >= 11 is 12.2. The van der Waals surface area contributed by atoms with Crippen LogP contribution in [0.1, 0.15) is 13.3 Å². The van der Waals surface area contributed by atoms with Gasteiger partial charge in [0.1, 0.15) is 3.14 Å². The molecule has 2 nitrogen and oxygen atoms in total. The number of hydrogen-bond donors (Lipinski definition) is 1. The van der Waals surface area contributed by atoms with Crippen molar-refractivity contribution < 1.29 is 4.79 Å². The molecule has 1 aliphatic heterocycles. The molecule has 1 aliphatic rings. The van der Waals surface area contributed by atoms with Crippen LogP contribution in [0.5, 0.6) is 0 Å². The van der Waals surface area contributed by atoms with Crippen molar-refractivity contribution in [3.05, 3.63) is 3.14 Å². The Morgan fingerprint density at radius 2 is 2.25 bits per heavy atom. The van der Waals surface area contributed by atoms with Crippen LogP contribution >= 0.6 is 58.4 Å². The SMILES string of the molecule is CCNC(=O)CC1CSc2sc(=S)sc2S1. The number of hydrogen-bond acceptors (Lipinski definition) is 6. The zero-order chi connectivity index (χ0) is 11.5. The van der Waals surface area contributed by atoms with Gasteiger partial charge in [0, 0.05) is 24.0 Å². The van der Waals surface area contributed by atoms with Gasteiger partial charge in [-0.3, -0.25) is 4.79 Å². The summed E-state index contributed by atoms with van der Waals surface area (Å²) in [6, 6.07) is 0. The number of carbonyl (C=O) groups excluding carboxylic acids is 1.